The van der Waals surface area contributed by atoms with Crippen molar-refractivity contribution in [1.29, 1.82) is 0 Å². The predicted molar refractivity (Wildman–Crippen MR) is 65.2 cm³/mol. The van der Waals surface area contributed by atoms with E-state index in [-0.39, 0.29) is 11.9 Å². The zero-order chi connectivity index (χ0) is 12.3. The van der Waals surface area contributed by atoms with Crippen LogP contribution in [0.15, 0.2) is 18.2 Å². The molecule has 1 fully saturated rings. The van der Waals surface area contributed by atoms with E-state index in [0.29, 0.717) is 18.7 Å². The highest BCUT2D eigenvalue weighted by Gasteiger charge is 2.19. The third-order valence-electron chi connectivity index (χ3n) is 3.13. The van der Waals surface area contributed by atoms with E-state index in [4.69, 9.17) is 10.5 Å². The largest absolute Gasteiger partial charge is 0.374 e. The molecule has 1 aliphatic rings. The summed E-state index contributed by atoms with van der Waals surface area (Å²) in [7, 11) is 0. The summed E-state index contributed by atoms with van der Waals surface area (Å²) in [6.07, 6.45) is 0.110. The molecule has 17 heavy (non-hydrogen) atoms. The van der Waals surface area contributed by atoms with Crippen molar-refractivity contribution in [2.75, 3.05) is 26.2 Å². The van der Waals surface area contributed by atoms with Gasteiger partial charge in [0.05, 0.1) is 12.7 Å². The van der Waals surface area contributed by atoms with Crippen molar-refractivity contribution in [3.8, 4) is 0 Å². The van der Waals surface area contributed by atoms with Gasteiger partial charge in [-0.15, -0.1) is 0 Å². The Morgan fingerprint density at radius 3 is 3.06 bits per heavy atom. The molecule has 3 nitrogen and oxygen atoms in total. The second kappa shape index (κ2) is 5.58. The monoisotopic (exact) mass is 238 g/mol. The maximum Gasteiger partial charge on any atom is 0.126 e. The smallest absolute Gasteiger partial charge is 0.126 e. The quantitative estimate of drug-likeness (QED) is 0.862. The molecule has 0 spiro atoms. The molecule has 1 aromatic rings. The molecule has 1 aliphatic heterocycles. The van der Waals surface area contributed by atoms with Crippen LogP contribution in [-0.4, -0.2) is 37.2 Å². The first kappa shape index (κ1) is 12.5. The maximum atomic E-state index is 13.4. The molecule has 2 N–H and O–H groups in total. The van der Waals surface area contributed by atoms with Crippen molar-refractivity contribution in [3.05, 3.63) is 35.1 Å². The van der Waals surface area contributed by atoms with Gasteiger partial charge >= 0.3 is 0 Å². The maximum absolute atomic E-state index is 13.4. The molecule has 0 amide bonds. The van der Waals surface area contributed by atoms with Gasteiger partial charge in [0.2, 0.25) is 0 Å². The van der Waals surface area contributed by atoms with E-state index in [0.717, 1.165) is 25.2 Å². The number of hydrogen-bond acceptors (Lipinski definition) is 3. The SMILES string of the molecule is Cc1ccc(CN2CCOC(CN)C2)cc1F. The highest BCUT2D eigenvalue weighted by Crippen LogP contribution is 2.13. The fourth-order valence-electron chi connectivity index (χ4n) is 2.06. The lowest BCUT2D eigenvalue weighted by Crippen LogP contribution is -2.45. The molecular weight excluding hydrogens is 219 g/mol. The number of ether oxygens (including phenoxy) is 1. The zero-order valence-electron chi connectivity index (χ0n) is 10.2. The van der Waals surface area contributed by atoms with Crippen molar-refractivity contribution < 1.29 is 9.13 Å². The molecule has 0 bridgehead atoms. The molecule has 0 saturated carbocycles. The predicted octanol–water partition coefficient (Wildman–Crippen LogP) is 1.29. The Bertz CT molecular complexity index is 384. The van der Waals surface area contributed by atoms with Crippen LogP contribution in [0.5, 0.6) is 0 Å². The second-order valence-electron chi connectivity index (χ2n) is 4.55. The van der Waals surface area contributed by atoms with Gasteiger partial charge in [-0.3, -0.25) is 4.90 Å². The molecule has 4 heteroatoms. The van der Waals surface area contributed by atoms with Gasteiger partial charge in [0.1, 0.15) is 5.82 Å². The standard InChI is InChI=1S/C13H19FN2O/c1-10-2-3-11(6-13(10)14)8-16-4-5-17-12(7-15)9-16/h2-3,6,12H,4-5,7-9,15H2,1H3. The second-order valence-corrected chi connectivity index (χ2v) is 4.55. The van der Waals surface area contributed by atoms with Gasteiger partial charge in [-0.2, -0.15) is 0 Å². The van der Waals surface area contributed by atoms with Crippen LogP contribution in [-0.2, 0) is 11.3 Å². The average Bonchev–Trinajstić information content (AvgIpc) is 2.34. The number of nitrogens with two attached hydrogens (primary N) is 1. The van der Waals surface area contributed by atoms with Crippen LogP contribution in [0.4, 0.5) is 4.39 Å². The Morgan fingerprint density at radius 1 is 1.53 bits per heavy atom. The summed E-state index contributed by atoms with van der Waals surface area (Å²) < 4.78 is 18.9. The van der Waals surface area contributed by atoms with Crippen LogP contribution in [0.25, 0.3) is 0 Å². The van der Waals surface area contributed by atoms with Crippen LogP contribution in [0, 0.1) is 12.7 Å². The Kier molecular flexibility index (Phi) is 4.10. The number of rotatable bonds is 3. The average molecular weight is 238 g/mol. The molecule has 1 atom stereocenters. The first-order valence-corrected chi connectivity index (χ1v) is 5.98. The molecule has 94 valence electrons. The van der Waals surface area contributed by atoms with Crippen molar-refractivity contribution in [3.63, 3.8) is 0 Å². The molecule has 1 aromatic carbocycles. The van der Waals surface area contributed by atoms with Gasteiger partial charge in [-0.1, -0.05) is 12.1 Å². The summed E-state index contributed by atoms with van der Waals surface area (Å²) in [6, 6.07) is 5.42. The third-order valence-corrected chi connectivity index (χ3v) is 3.13. The van der Waals surface area contributed by atoms with Crippen molar-refractivity contribution in [1.82, 2.24) is 4.90 Å². The molecule has 1 heterocycles. The van der Waals surface area contributed by atoms with E-state index in [9.17, 15) is 4.39 Å². The fraction of sp³-hybridized carbons (Fsp3) is 0.538. The Hall–Kier alpha value is -0.970. The van der Waals surface area contributed by atoms with E-state index in [1.807, 2.05) is 12.1 Å². The van der Waals surface area contributed by atoms with Gasteiger partial charge in [0, 0.05) is 26.2 Å². The first-order chi connectivity index (χ1) is 8.19. The number of morpholine rings is 1. The minimum Gasteiger partial charge on any atom is -0.374 e. The van der Waals surface area contributed by atoms with Gasteiger partial charge in [-0.25, -0.2) is 4.39 Å². The summed E-state index contributed by atoms with van der Waals surface area (Å²) in [4.78, 5) is 2.26. The lowest BCUT2D eigenvalue weighted by atomic mass is 10.1. The summed E-state index contributed by atoms with van der Waals surface area (Å²) >= 11 is 0. The number of benzene rings is 1. The summed E-state index contributed by atoms with van der Waals surface area (Å²) in [5.41, 5.74) is 7.29. The normalized spacial score (nSPS) is 21.7. The van der Waals surface area contributed by atoms with Crippen LogP contribution >= 0.6 is 0 Å². The third kappa shape index (κ3) is 3.25. The van der Waals surface area contributed by atoms with E-state index in [2.05, 4.69) is 4.90 Å². The minimum atomic E-state index is -0.133. The summed E-state index contributed by atoms with van der Waals surface area (Å²) in [6.45, 7) is 5.49. The van der Waals surface area contributed by atoms with Crippen LogP contribution in [0.2, 0.25) is 0 Å². The van der Waals surface area contributed by atoms with Crippen molar-refractivity contribution >= 4 is 0 Å². The van der Waals surface area contributed by atoms with Gasteiger partial charge in [-0.05, 0) is 24.1 Å². The molecule has 0 aliphatic carbocycles. The van der Waals surface area contributed by atoms with E-state index < -0.39 is 0 Å². The van der Waals surface area contributed by atoms with Crippen molar-refractivity contribution in [2.24, 2.45) is 5.73 Å². The Morgan fingerprint density at radius 2 is 2.35 bits per heavy atom. The van der Waals surface area contributed by atoms with E-state index in [1.54, 1.807) is 13.0 Å². The highest BCUT2D eigenvalue weighted by atomic mass is 19.1. The Balaban J connectivity index is 1.97. The number of hydrogen-bond donors (Lipinski definition) is 1. The highest BCUT2D eigenvalue weighted by molar-refractivity contribution is 5.23. The first-order valence-electron chi connectivity index (χ1n) is 5.98. The molecular formula is C13H19FN2O. The van der Waals surface area contributed by atoms with Crippen molar-refractivity contribution in [2.45, 2.75) is 19.6 Å². The lowest BCUT2D eigenvalue weighted by Gasteiger charge is -2.32. The number of halogens is 1. The van der Waals surface area contributed by atoms with E-state index in [1.165, 1.54) is 0 Å². The summed E-state index contributed by atoms with van der Waals surface area (Å²) in [5, 5.41) is 0. The summed E-state index contributed by atoms with van der Waals surface area (Å²) in [5.74, 6) is -0.133. The molecule has 1 saturated heterocycles. The van der Waals surface area contributed by atoms with E-state index >= 15 is 0 Å². The lowest BCUT2D eigenvalue weighted by molar-refractivity contribution is -0.0260. The fourth-order valence-corrected chi connectivity index (χ4v) is 2.06. The minimum absolute atomic E-state index is 0.110. The number of nitrogens with zero attached hydrogens (tertiary/aromatic N) is 1. The Labute approximate surface area is 101 Å². The topological polar surface area (TPSA) is 38.5 Å². The zero-order valence-corrected chi connectivity index (χ0v) is 10.2. The van der Waals surface area contributed by atoms with Crippen LogP contribution < -0.4 is 5.73 Å². The molecule has 2 rings (SSSR count). The van der Waals surface area contributed by atoms with Gasteiger partial charge in [0.15, 0.2) is 0 Å². The molecule has 0 radical (unpaired) electrons. The number of aryl methyl sites for hydroxylation is 1. The molecule has 1 unspecified atom stereocenters. The van der Waals surface area contributed by atoms with Crippen LogP contribution in [0.3, 0.4) is 0 Å². The van der Waals surface area contributed by atoms with Crippen LogP contribution in [0.1, 0.15) is 11.1 Å². The molecule has 0 aromatic heterocycles. The van der Waals surface area contributed by atoms with Gasteiger partial charge < -0.3 is 10.5 Å². The van der Waals surface area contributed by atoms with Gasteiger partial charge in [0.25, 0.3) is 0 Å².